The number of hydrogen-bond acceptors (Lipinski definition) is 3. The summed E-state index contributed by atoms with van der Waals surface area (Å²) in [5.74, 6) is 1.00. The van der Waals surface area contributed by atoms with Gasteiger partial charge in [-0.15, -0.1) is 0 Å². The van der Waals surface area contributed by atoms with Gasteiger partial charge < -0.3 is 14.8 Å². The van der Waals surface area contributed by atoms with Gasteiger partial charge in [-0.25, -0.2) is 4.39 Å². The van der Waals surface area contributed by atoms with Gasteiger partial charge in [-0.1, -0.05) is 29.8 Å². The Bertz CT molecular complexity index is 619. The van der Waals surface area contributed by atoms with Crippen LogP contribution < -0.4 is 14.8 Å². The Balaban J connectivity index is 2.01. The van der Waals surface area contributed by atoms with E-state index in [1.165, 1.54) is 6.07 Å². The van der Waals surface area contributed by atoms with Crippen molar-refractivity contribution >= 4 is 11.6 Å². The number of benzene rings is 2. The summed E-state index contributed by atoms with van der Waals surface area (Å²) in [6.45, 7) is 1.19. The molecule has 2 aromatic carbocycles. The second-order valence-electron chi connectivity index (χ2n) is 4.50. The monoisotopic (exact) mass is 309 g/mol. The van der Waals surface area contributed by atoms with Crippen LogP contribution >= 0.6 is 11.6 Å². The van der Waals surface area contributed by atoms with E-state index in [0.717, 1.165) is 11.1 Å². The van der Waals surface area contributed by atoms with E-state index < -0.39 is 5.82 Å². The SMILES string of the molecule is COc1cccc(CNCc2ccc(F)c(Cl)c2)c1OC. The highest BCUT2D eigenvalue weighted by atomic mass is 35.5. The number of hydrogen-bond donors (Lipinski definition) is 1. The highest BCUT2D eigenvalue weighted by Crippen LogP contribution is 2.30. The summed E-state index contributed by atoms with van der Waals surface area (Å²) in [6.07, 6.45) is 0. The van der Waals surface area contributed by atoms with Gasteiger partial charge in [-0.05, 0) is 23.8 Å². The van der Waals surface area contributed by atoms with Gasteiger partial charge in [0.15, 0.2) is 11.5 Å². The minimum Gasteiger partial charge on any atom is -0.493 e. The van der Waals surface area contributed by atoms with Crippen LogP contribution in [0.15, 0.2) is 36.4 Å². The molecule has 0 saturated carbocycles. The van der Waals surface area contributed by atoms with Crippen molar-refractivity contribution in [2.24, 2.45) is 0 Å². The second-order valence-corrected chi connectivity index (χ2v) is 4.91. The van der Waals surface area contributed by atoms with Crippen molar-refractivity contribution in [2.75, 3.05) is 14.2 Å². The van der Waals surface area contributed by atoms with E-state index in [1.807, 2.05) is 18.2 Å². The zero-order chi connectivity index (χ0) is 15.2. The van der Waals surface area contributed by atoms with Crippen molar-refractivity contribution in [3.63, 3.8) is 0 Å². The minimum absolute atomic E-state index is 0.133. The maximum Gasteiger partial charge on any atom is 0.165 e. The molecule has 0 aliphatic heterocycles. The number of para-hydroxylation sites is 1. The fraction of sp³-hybridized carbons (Fsp3) is 0.250. The van der Waals surface area contributed by atoms with E-state index >= 15 is 0 Å². The van der Waals surface area contributed by atoms with Crippen LogP contribution in [-0.2, 0) is 13.1 Å². The van der Waals surface area contributed by atoms with Gasteiger partial charge in [-0.2, -0.15) is 0 Å². The van der Waals surface area contributed by atoms with Crippen molar-refractivity contribution in [3.05, 3.63) is 58.4 Å². The molecule has 0 radical (unpaired) electrons. The highest BCUT2D eigenvalue weighted by Gasteiger charge is 2.09. The molecule has 21 heavy (non-hydrogen) atoms. The first-order valence-electron chi connectivity index (χ1n) is 6.50. The van der Waals surface area contributed by atoms with Crippen LogP contribution in [0.4, 0.5) is 4.39 Å². The molecule has 3 nitrogen and oxygen atoms in total. The zero-order valence-electron chi connectivity index (χ0n) is 12.0. The lowest BCUT2D eigenvalue weighted by Gasteiger charge is -2.13. The molecule has 0 spiro atoms. The molecule has 112 valence electrons. The van der Waals surface area contributed by atoms with E-state index in [1.54, 1.807) is 26.4 Å². The molecule has 0 bridgehead atoms. The Hall–Kier alpha value is -1.78. The molecule has 0 atom stereocenters. The van der Waals surface area contributed by atoms with Gasteiger partial charge in [0.05, 0.1) is 19.2 Å². The zero-order valence-corrected chi connectivity index (χ0v) is 12.7. The summed E-state index contributed by atoms with van der Waals surface area (Å²) in [5.41, 5.74) is 1.91. The number of nitrogens with one attached hydrogen (secondary N) is 1. The average Bonchev–Trinajstić information content (AvgIpc) is 2.50. The second kappa shape index (κ2) is 7.29. The molecule has 0 aliphatic rings. The van der Waals surface area contributed by atoms with Gasteiger partial charge in [0, 0.05) is 18.7 Å². The third-order valence-corrected chi connectivity index (χ3v) is 3.40. The topological polar surface area (TPSA) is 30.5 Å². The van der Waals surface area contributed by atoms with Crippen molar-refractivity contribution in [1.29, 1.82) is 0 Å². The molecule has 1 N–H and O–H groups in total. The van der Waals surface area contributed by atoms with Gasteiger partial charge in [0.1, 0.15) is 5.82 Å². The minimum atomic E-state index is -0.408. The lowest BCUT2D eigenvalue weighted by atomic mass is 10.1. The predicted molar refractivity (Wildman–Crippen MR) is 81.5 cm³/mol. The molecule has 0 amide bonds. The van der Waals surface area contributed by atoms with Gasteiger partial charge in [0.25, 0.3) is 0 Å². The fourth-order valence-electron chi connectivity index (χ4n) is 2.08. The number of rotatable bonds is 6. The summed E-state index contributed by atoms with van der Waals surface area (Å²) >= 11 is 5.76. The molecule has 5 heteroatoms. The third-order valence-electron chi connectivity index (χ3n) is 3.11. The maximum atomic E-state index is 13.1. The van der Waals surface area contributed by atoms with Crippen molar-refractivity contribution in [1.82, 2.24) is 5.32 Å². The van der Waals surface area contributed by atoms with Crippen molar-refractivity contribution < 1.29 is 13.9 Å². The fourth-order valence-corrected chi connectivity index (χ4v) is 2.29. The van der Waals surface area contributed by atoms with Gasteiger partial charge >= 0.3 is 0 Å². The van der Waals surface area contributed by atoms with Crippen molar-refractivity contribution in [2.45, 2.75) is 13.1 Å². The molecule has 0 fully saturated rings. The summed E-state index contributed by atoms with van der Waals surface area (Å²) in [4.78, 5) is 0. The molecule has 0 aliphatic carbocycles. The Morgan fingerprint density at radius 3 is 2.57 bits per heavy atom. The summed E-state index contributed by atoms with van der Waals surface area (Å²) in [5, 5.41) is 3.41. The van der Waals surface area contributed by atoms with Gasteiger partial charge in [-0.3, -0.25) is 0 Å². The number of ether oxygens (including phenoxy) is 2. The predicted octanol–water partition coefficient (Wildman–Crippen LogP) is 3.79. The van der Waals surface area contributed by atoms with E-state index in [2.05, 4.69) is 5.32 Å². The Morgan fingerprint density at radius 2 is 1.90 bits per heavy atom. The number of methoxy groups -OCH3 is 2. The van der Waals surface area contributed by atoms with Crippen LogP contribution in [0.5, 0.6) is 11.5 Å². The quantitative estimate of drug-likeness (QED) is 0.880. The van der Waals surface area contributed by atoms with E-state index in [4.69, 9.17) is 21.1 Å². The third kappa shape index (κ3) is 3.86. The highest BCUT2D eigenvalue weighted by molar-refractivity contribution is 6.30. The Kier molecular flexibility index (Phi) is 5.42. The van der Waals surface area contributed by atoms with E-state index in [9.17, 15) is 4.39 Å². The van der Waals surface area contributed by atoms with Crippen LogP contribution in [0.3, 0.4) is 0 Å². The standard InChI is InChI=1S/C16H17ClFNO2/c1-20-15-5-3-4-12(16(15)21-2)10-19-9-11-6-7-14(18)13(17)8-11/h3-8,19H,9-10H2,1-2H3. The molecule has 0 aromatic heterocycles. The summed E-state index contributed by atoms with van der Waals surface area (Å²) < 4.78 is 23.7. The van der Waals surface area contributed by atoms with Crippen LogP contribution in [0.25, 0.3) is 0 Å². The lowest BCUT2D eigenvalue weighted by Crippen LogP contribution is -2.13. The van der Waals surface area contributed by atoms with Crippen LogP contribution in [-0.4, -0.2) is 14.2 Å². The average molecular weight is 310 g/mol. The summed E-state index contributed by atoms with van der Waals surface area (Å²) in [6, 6.07) is 10.4. The molecular formula is C16H17ClFNO2. The number of halogens is 2. The van der Waals surface area contributed by atoms with Crippen LogP contribution in [0.1, 0.15) is 11.1 Å². The Morgan fingerprint density at radius 1 is 1.10 bits per heavy atom. The van der Waals surface area contributed by atoms with E-state index in [0.29, 0.717) is 24.6 Å². The smallest absolute Gasteiger partial charge is 0.165 e. The first-order chi connectivity index (χ1) is 10.2. The van der Waals surface area contributed by atoms with Gasteiger partial charge in [0.2, 0.25) is 0 Å². The molecule has 2 rings (SSSR count). The summed E-state index contributed by atoms with van der Waals surface area (Å²) in [7, 11) is 3.22. The first kappa shape index (κ1) is 15.6. The largest absolute Gasteiger partial charge is 0.493 e. The molecule has 2 aromatic rings. The lowest BCUT2D eigenvalue weighted by molar-refractivity contribution is 0.350. The first-order valence-corrected chi connectivity index (χ1v) is 6.88. The van der Waals surface area contributed by atoms with E-state index in [-0.39, 0.29) is 5.02 Å². The molecule has 0 unspecified atom stereocenters. The molecular weight excluding hydrogens is 293 g/mol. The maximum absolute atomic E-state index is 13.1. The molecule has 0 heterocycles. The molecule has 0 saturated heterocycles. The normalized spacial score (nSPS) is 10.5. The Labute approximate surface area is 128 Å². The van der Waals surface area contributed by atoms with Crippen LogP contribution in [0, 0.1) is 5.82 Å². The van der Waals surface area contributed by atoms with Crippen molar-refractivity contribution in [3.8, 4) is 11.5 Å². The van der Waals surface area contributed by atoms with Crippen LogP contribution in [0.2, 0.25) is 5.02 Å².